The van der Waals surface area contributed by atoms with Gasteiger partial charge in [0.15, 0.2) is 0 Å². The Bertz CT molecular complexity index is 497. The van der Waals surface area contributed by atoms with Gasteiger partial charge in [-0.25, -0.2) is 0 Å². The van der Waals surface area contributed by atoms with Crippen molar-refractivity contribution in [2.45, 2.75) is 19.0 Å². The number of nitrogens with zero attached hydrogens (tertiary/aromatic N) is 3. The highest BCUT2D eigenvalue weighted by atomic mass is 16.5. The zero-order chi connectivity index (χ0) is 13.7. The third-order valence-corrected chi connectivity index (χ3v) is 3.12. The first-order chi connectivity index (χ1) is 9.22. The summed E-state index contributed by atoms with van der Waals surface area (Å²) < 4.78 is 7.22. The standard InChI is InChI=1S/C14H20N4O/c1-11(14-17-15-10-18(14)2)16-13(9-19-3)12-7-5-4-6-8-12/h4-8,10-11,13,16H,9H2,1-3H3. The highest BCUT2D eigenvalue weighted by Gasteiger charge is 2.17. The van der Waals surface area contributed by atoms with Crippen LogP contribution < -0.4 is 5.32 Å². The van der Waals surface area contributed by atoms with Gasteiger partial charge in [0.25, 0.3) is 0 Å². The normalized spacial score (nSPS) is 14.3. The van der Waals surface area contributed by atoms with Crippen molar-refractivity contribution >= 4 is 0 Å². The highest BCUT2D eigenvalue weighted by molar-refractivity contribution is 5.19. The Morgan fingerprint density at radius 3 is 2.63 bits per heavy atom. The fraction of sp³-hybridized carbons (Fsp3) is 0.429. The molecule has 1 N–H and O–H groups in total. The molecule has 0 aliphatic carbocycles. The van der Waals surface area contributed by atoms with E-state index in [-0.39, 0.29) is 12.1 Å². The Morgan fingerprint density at radius 1 is 1.32 bits per heavy atom. The first kappa shape index (κ1) is 13.7. The number of methoxy groups -OCH3 is 1. The molecule has 0 aliphatic rings. The molecule has 2 rings (SSSR count). The van der Waals surface area contributed by atoms with Gasteiger partial charge < -0.3 is 9.30 Å². The van der Waals surface area contributed by atoms with Gasteiger partial charge in [-0.15, -0.1) is 10.2 Å². The molecule has 0 amide bonds. The van der Waals surface area contributed by atoms with Gasteiger partial charge in [-0.05, 0) is 12.5 Å². The Labute approximate surface area is 113 Å². The average molecular weight is 260 g/mol. The maximum Gasteiger partial charge on any atom is 0.149 e. The summed E-state index contributed by atoms with van der Waals surface area (Å²) in [7, 11) is 3.66. The van der Waals surface area contributed by atoms with Crippen LogP contribution in [0, 0.1) is 0 Å². The molecule has 2 atom stereocenters. The van der Waals surface area contributed by atoms with E-state index >= 15 is 0 Å². The predicted octanol–water partition coefficient (Wildman–Crippen LogP) is 1.85. The van der Waals surface area contributed by atoms with Gasteiger partial charge in [0.1, 0.15) is 12.2 Å². The highest BCUT2D eigenvalue weighted by Crippen LogP contribution is 2.18. The second kappa shape index (κ2) is 6.45. The van der Waals surface area contributed by atoms with Gasteiger partial charge in [0.2, 0.25) is 0 Å². The minimum absolute atomic E-state index is 0.104. The van der Waals surface area contributed by atoms with Gasteiger partial charge in [-0.2, -0.15) is 0 Å². The molecule has 0 bridgehead atoms. The van der Waals surface area contributed by atoms with Crippen molar-refractivity contribution in [3.63, 3.8) is 0 Å². The molecule has 5 heteroatoms. The van der Waals surface area contributed by atoms with Crippen LogP contribution in [0.1, 0.15) is 30.4 Å². The lowest BCUT2D eigenvalue weighted by Crippen LogP contribution is -2.29. The molecule has 1 heterocycles. The van der Waals surface area contributed by atoms with E-state index in [0.717, 1.165) is 5.82 Å². The number of aryl methyl sites for hydroxylation is 1. The Balaban J connectivity index is 2.11. The second-order valence-corrected chi connectivity index (χ2v) is 4.61. The lowest BCUT2D eigenvalue weighted by atomic mass is 10.1. The summed E-state index contributed by atoms with van der Waals surface area (Å²) in [4.78, 5) is 0. The van der Waals surface area contributed by atoms with Crippen LogP contribution in [0.3, 0.4) is 0 Å². The molecule has 0 spiro atoms. The SMILES string of the molecule is COCC(NC(C)c1nncn1C)c1ccccc1. The maximum absolute atomic E-state index is 5.30. The number of benzene rings is 1. The molecule has 0 aliphatic heterocycles. The lowest BCUT2D eigenvalue weighted by Gasteiger charge is -2.22. The zero-order valence-corrected chi connectivity index (χ0v) is 11.6. The van der Waals surface area contributed by atoms with E-state index in [1.54, 1.807) is 13.4 Å². The molecule has 0 fully saturated rings. The van der Waals surface area contributed by atoms with Crippen molar-refractivity contribution in [1.29, 1.82) is 0 Å². The number of nitrogens with one attached hydrogen (secondary N) is 1. The van der Waals surface area contributed by atoms with Gasteiger partial charge in [-0.1, -0.05) is 30.3 Å². The predicted molar refractivity (Wildman–Crippen MR) is 73.6 cm³/mol. The van der Waals surface area contributed by atoms with E-state index in [1.165, 1.54) is 5.56 Å². The molecule has 102 valence electrons. The zero-order valence-electron chi connectivity index (χ0n) is 11.6. The molecule has 0 saturated carbocycles. The van der Waals surface area contributed by atoms with E-state index in [1.807, 2.05) is 29.8 Å². The topological polar surface area (TPSA) is 52.0 Å². The summed E-state index contributed by atoms with van der Waals surface area (Å²) >= 11 is 0. The van der Waals surface area contributed by atoms with Crippen LogP contribution >= 0.6 is 0 Å². The third kappa shape index (κ3) is 3.39. The molecule has 2 unspecified atom stereocenters. The number of ether oxygens (including phenoxy) is 1. The van der Waals surface area contributed by atoms with Gasteiger partial charge in [0.05, 0.1) is 18.7 Å². The van der Waals surface area contributed by atoms with E-state index in [0.29, 0.717) is 6.61 Å². The smallest absolute Gasteiger partial charge is 0.149 e. The van der Waals surface area contributed by atoms with Crippen molar-refractivity contribution in [1.82, 2.24) is 20.1 Å². The maximum atomic E-state index is 5.30. The molecular formula is C14H20N4O. The summed E-state index contributed by atoms with van der Waals surface area (Å²) in [6, 6.07) is 10.5. The Morgan fingerprint density at radius 2 is 2.05 bits per heavy atom. The van der Waals surface area contributed by atoms with Crippen molar-refractivity contribution in [2.24, 2.45) is 7.05 Å². The van der Waals surface area contributed by atoms with Gasteiger partial charge in [-0.3, -0.25) is 5.32 Å². The minimum Gasteiger partial charge on any atom is -0.383 e. The molecule has 5 nitrogen and oxygen atoms in total. The molecule has 19 heavy (non-hydrogen) atoms. The third-order valence-electron chi connectivity index (χ3n) is 3.12. The summed E-state index contributed by atoms with van der Waals surface area (Å²) in [6.45, 7) is 2.70. The summed E-state index contributed by atoms with van der Waals surface area (Å²) in [5, 5.41) is 11.6. The van der Waals surface area contributed by atoms with Crippen LogP contribution in [0.5, 0.6) is 0 Å². The Kier molecular flexibility index (Phi) is 4.65. The monoisotopic (exact) mass is 260 g/mol. The first-order valence-electron chi connectivity index (χ1n) is 6.36. The molecule has 1 aromatic carbocycles. The quantitative estimate of drug-likeness (QED) is 0.861. The van der Waals surface area contributed by atoms with Crippen molar-refractivity contribution in [2.75, 3.05) is 13.7 Å². The number of hydrogen-bond donors (Lipinski definition) is 1. The van der Waals surface area contributed by atoms with Crippen molar-refractivity contribution in [3.05, 3.63) is 48.0 Å². The van der Waals surface area contributed by atoms with Crippen molar-refractivity contribution < 1.29 is 4.74 Å². The van der Waals surface area contributed by atoms with E-state index in [4.69, 9.17) is 4.74 Å². The summed E-state index contributed by atoms with van der Waals surface area (Å²) in [5.41, 5.74) is 1.21. The summed E-state index contributed by atoms with van der Waals surface area (Å²) in [6.07, 6.45) is 1.71. The van der Waals surface area contributed by atoms with Gasteiger partial charge in [0, 0.05) is 14.2 Å². The second-order valence-electron chi connectivity index (χ2n) is 4.61. The van der Waals surface area contributed by atoms with Crippen LogP contribution in [0.25, 0.3) is 0 Å². The van der Waals surface area contributed by atoms with Gasteiger partial charge >= 0.3 is 0 Å². The first-order valence-corrected chi connectivity index (χ1v) is 6.36. The number of hydrogen-bond acceptors (Lipinski definition) is 4. The van der Waals surface area contributed by atoms with E-state index in [2.05, 4.69) is 34.6 Å². The average Bonchev–Trinajstić information content (AvgIpc) is 2.85. The Hall–Kier alpha value is -1.72. The number of aromatic nitrogens is 3. The molecule has 0 saturated heterocycles. The molecular weight excluding hydrogens is 240 g/mol. The van der Waals surface area contributed by atoms with Crippen LogP contribution in [-0.2, 0) is 11.8 Å². The fourth-order valence-electron chi connectivity index (χ4n) is 2.15. The van der Waals surface area contributed by atoms with Crippen molar-refractivity contribution in [3.8, 4) is 0 Å². The largest absolute Gasteiger partial charge is 0.383 e. The van der Waals surface area contributed by atoms with E-state index < -0.39 is 0 Å². The van der Waals surface area contributed by atoms with Crippen LogP contribution in [0.2, 0.25) is 0 Å². The lowest BCUT2D eigenvalue weighted by molar-refractivity contribution is 0.161. The van der Waals surface area contributed by atoms with Crippen LogP contribution in [-0.4, -0.2) is 28.5 Å². The van der Waals surface area contributed by atoms with E-state index in [9.17, 15) is 0 Å². The van der Waals surface area contributed by atoms with Crippen LogP contribution in [0.15, 0.2) is 36.7 Å². The fourth-order valence-corrected chi connectivity index (χ4v) is 2.15. The molecule has 1 aromatic heterocycles. The summed E-state index contributed by atoms with van der Waals surface area (Å²) in [5.74, 6) is 0.914. The number of rotatable bonds is 6. The minimum atomic E-state index is 0.104. The molecule has 2 aromatic rings. The molecule has 0 radical (unpaired) electrons. The van der Waals surface area contributed by atoms with Crippen LogP contribution in [0.4, 0.5) is 0 Å².